The molecule has 20 heavy (non-hydrogen) atoms. The first-order valence-corrected chi connectivity index (χ1v) is 8.89. The van der Waals surface area contributed by atoms with Crippen molar-refractivity contribution in [3.63, 3.8) is 0 Å². The summed E-state index contributed by atoms with van der Waals surface area (Å²) in [6, 6.07) is 9.39. The van der Waals surface area contributed by atoms with Crippen LogP contribution in [0, 0.1) is 29.6 Å². The van der Waals surface area contributed by atoms with Crippen LogP contribution in [0.1, 0.15) is 56.6 Å². The first kappa shape index (κ1) is 12.9. The lowest BCUT2D eigenvalue weighted by Gasteiger charge is -2.54. The average molecular weight is 268 g/mol. The van der Waals surface area contributed by atoms with Gasteiger partial charge in [-0.25, -0.2) is 0 Å². The number of hydrogen-bond acceptors (Lipinski definition) is 0. The van der Waals surface area contributed by atoms with Crippen molar-refractivity contribution in [3.8, 4) is 0 Å². The van der Waals surface area contributed by atoms with Gasteiger partial charge in [0, 0.05) is 0 Å². The third-order valence-corrected chi connectivity index (χ3v) is 6.62. The molecule has 1 aromatic rings. The molecule has 0 nitrogen and oxygen atoms in total. The summed E-state index contributed by atoms with van der Waals surface area (Å²) < 4.78 is 0. The highest BCUT2D eigenvalue weighted by atomic mass is 14.5. The third-order valence-electron chi connectivity index (χ3n) is 6.62. The number of hydrogen-bond donors (Lipinski definition) is 0. The van der Waals surface area contributed by atoms with Gasteiger partial charge in [0.05, 0.1) is 0 Å². The Morgan fingerprint density at radius 2 is 1.35 bits per heavy atom. The van der Waals surface area contributed by atoms with Gasteiger partial charge in [0.25, 0.3) is 0 Å². The molecule has 0 spiro atoms. The van der Waals surface area contributed by atoms with Gasteiger partial charge in [-0.1, -0.05) is 31.2 Å². The molecule has 4 fully saturated rings. The zero-order valence-electron chi connectivity index (χ0n) is 12.9. The van der Waals surface area contributed by atoms with E-state index in [2.05, 4.69) is 31.2 Å². The van der Waals surface area contributed by atoms with Crippen LogP contribution >= 0.6 is 0 Å². The fourth-order valence-electron chi connectivity index (χ4n) is 5.78. The van der Waals surface area contributed by atoms with E-state index in [9.17, 15) is 0 Å². The highest BCUT2D eigenvalue weighted by Crippen LogP contribution is 2.57. The monoisotopic (exact) mass is 268 g/mol. The SMILES string of the molecule is CCc1ccc(CCC2C3CC4CC(C3)CC2C4)cc1. The molecule has 0 amide bonds. The normalized spacial score (nSPS) is 38.4. The van der Waals surface area contributed by atoms with Gasteiger partial charge < -0.3 is 0 Å². The number of aryl methyl sites for hydroxylation is 2. The van der Waals surface area contributed by atoms with Crippen LogP contribution < -0.4 is 0 Å². The highest BCUT2D eigenvalue weighted by Gasteiger charge is 2.47. The van der Waals surface area contributed by atoms with Gasteiger partial charge in [-0.15, -0.1) is 0 Å². The Labute approximate surface area is 124 Å². The van der Waals surface area contributed by atoms with Gasteiger partial charge in [0.2, 0.25) is 0 Å². The van der Waals surface area contributed by atoms with Crippen molar-refractivity contribution in [2.24, 2.45) is 29.6 Å². The quantitative estimate of drug-likeness (QED) is 0.699. The Balaban J connectivity index is 1.39. The maximum atomic E-state index is 2.37. The maximum absolute atomic E-state index is 2.37. The van der Waals surface area contributed by atoms with E-state index in [-0.39, 0.29) is 0 Å². The fourth-order valence-corrected chi connectivity index (χ4v) is 5.78. The Hall–Kier alpha value is -0.780. The van der Waals surface area contributed by atoms with E-state index in [1.807, 2.05) is 0 Å². The Kier molecular flexibility index (Phi) is 3.36. The van der Waals surface area contributed by atoms with E-state index >= 15 is 0 Å². The molecule has 5 rings (SSSR count). The van der Waals surface area contributed by atoms with Crippen LogP contribution in [0.25, 0.3) is 0 Å². The zero-order valence-corrected chi connectivity index (χ0v) is 12.9. The molecule has 0 aromatic heterocycles. The molecule has 4 aliphatic rings. The zero-order chi connectivity index (χ0) is 13.5. The van der Waals surface area contributed by atoms with Gasteiger partial charge in [-0.05, 0) is 92.1 Å². The second-order valence-electron chi connectivity index (χ2n) is 7.80. The van der Waals surface area contributed by atoms with E-state index in [1.165, 1.54) is 18.4 Å². The van der Waals surface area contributed by atoms with Crippen molar-refractivity contribution in [3.05, 3.63) is 35.4 Å². The van der Waals surface area contributed by atoms with E-state index in [0.717, 1.165) is 36.0 Å². The molecule has 0 N–H and O–H groups in total. The van der Waals surface area contributed by atoms with Crippen molar-refractivity contribution in [1.29, 1.82) is 0 Å². The van der Waals surface area contributed by atoms with Crippen LogP contribution in [0.15, 0.2) is 24.3 Å². The Morgan fingerprint density at radius 3 is 1.90 bits per heavy atom. The summed E-state index contributed by atoms with van der Waals surface area (Å²) in [6.07, 6.45) is 11.8. The molecular weight excluding hydrogens is 240 g/mol. The standard InChI is InChI=1S/C20H28/c1-2-14-3-5-15(6-4-14)7-8-20-18-10-16-9-17(12-18)13-19(20)11-16/h3-6,16-20H,2,7-13H2,1H3. The van der Waals surface area contributed by atoms with Crippen molar-refractivity contribution < 1.29 is 0 Å². The van der Waals surface area contributed by atoms with Crippen LogP contribution in [0.3, 0.4) is 0 Å². The summed E-state index contributed by atoms with van der Waals surface area (Å²) in [5.41, 5.74) is 3.04. The molecule has 0 radical (unpaired) electrons. The van der Waals surface area contributed by atoms with Crippen molar-refractivity contribution in [2.45, 2.75) is 58.3 Å². The minimum absolute atomic E-state index is 1.06. The van der Waals surface area contributed by atoms with Crippen LogP contribution in [0.2, 0.25) is 0 Å². The predicted molar refractivity (Wildman–Crippen MR) is 84.7 cm³/mol. The maximum Gasteiger partial charge on any atom is -0.0276 e. The van der Waals surface area contributed by atoms with Crippen LogP contribution in [-0.2, 0) is 12.8 Å². The van der Waals surface area contributed by atoms with Crippen LogP contribution in [0.5, 0.6) is 0 Å². The molecule has 108 valence electrons. The molecule has 4 bridgehead atoms. The van der Waals surface area contributed by atoms with E-state index < -0.39 is 0 Å². The van der Waals surface area contributed by atoms with E-state index in [1.54, 1.807) is 37.7 Å². The lowest BCUT2D eigenvalue weighted by molar-refractivity contribution is -0.0394. The second-order valence-corrected chi connectivity index (χ2v) is 7.80. The summed E-state index contributed by atoms with van der Waals surface area (Å²) >= 11 is 0. The summed E-state index contributed by atoms with van der Waals surface area (Å²) in [7, 11) is 0. The summed E-state index contributed by atoms with van der Waals surface area (Å²) in [4.78, 5) is 0. The third kappa shape index (κ3) is 2.32. The number of rotatable bonds is 4. The summed E-state index contributed by atoms with van der Waals surface area (Å²) in [5, 5.41) is 0. The topological polar surface area (TPSA) is 0 Å². The molecule has 0 saturated heterocycles. The fraction of sp³-hybridized carbons (Fsp3) is 0.700. The van der Waals surface area contributed by atoms with Gasteiger partial charge in [0.1, 0.15) is 0 Å². The smallest absolute Gasteiger partial charge is 0.0276 e. The molecule has 0 unspecified atom stereocenters. The first-order valence-electron chi connectivity index (χ1n) is 8.89. The average Bonchev–Trinajstić information content (AvgIpc) is 2.46. The lowest BCUT2D eigenvalue weighted by Crippen LogP contribution is -2.45. The van der Waals surface area contributed by atoms with Crippen LogP contribution in [0.4, 0.5) is 0 Å². The molecule has 1 aromatic carbocycles. The minimum atomic E-state index is 1.06. The lowest BCUT2D eigenvalue weighted by atomic mass is 9.51. The summed E-state index contributed by atoms with van der Waals surface area (Å²) in [5.74, 6) is 5.51. The highest BCUT2D eigenvalue weighted by molar-refractivity contribution is 5.22. The molecule has 0 heteroatoms. The van der Waals surface area contributed by atoms with Gasteiger partial charge in [-0.2, -0.15) is 0 Å². The van der Waals surface area contributed by atoms with E-state index in [0.29, 0.717) is 0 Å². The molecule has 0 heterocycles. The van der Waals surface area contributed by atoms with Crippen LogP contribution in [-0.4, -0.2) is 0 Å². The second kappa shape index (κ2) is 5.20. The number of benzene rings is 1. The van der Waals surface area contributed by atoms with Crippen molar-refractivity contribution >= 4 is 0 Å². The molecule has 0 aliphatic heterocycles. The Bertz CT molecular complexity index is 427. The van der Waals surface area contributed by atoms with Crippen molar-refractivity contribution in [2.75, 3.05) is 0 Å². The first-order chi connectivity index (χ1) is 9.81. The van der Waals surface area contributed by atoms with Gasteiger partial charge in [-0.3, -0.25) is 0 Å². The molecule has 4 saturated carbocycles. The molecular formula is C20H28. The molecule has 4 aliphatic carbocycles. The van der Waals surface area contributed by atoms with E-state index in [4.69, 9.17) is 0 Å². The Morgan fingerprint density at radius 1 is 0.800 bits per heavy atom. The predicted octanol–water partition coefficient (Wildman–Crippen LogP) is 5.25. The minimum Gasteiger partial charge on any atom is -0.0613 e. The largest absolute Gasteiger partial charge is 0.0613 e. The summed E-state index contributed by atoms with van der Waals surface area (Å²) in [6.45, 7) is 2.24. The molecule has 0 atom stereocenters. The van der Waals surface area contributed by atoms with Gasteiger partial charge >= 0.3 is 0 Å². The van der Waals surface area contributed by atoms with Gasteiger partial charge in [0.15, 0.2) is 0 Å². The van der Waals surface area contributed by atoms with Crippen molar-refractivity contribution in [1.82, 2.24) is 0 Å².